The molecule has 0 spiro atoms. The van der Waals surface area contributed by atoms with Crippen LogP contribution in [0.25, 0.3) is 0 Å². The Labute approximate surface area is 111 Å². The molecule has 1 unspecified atom stereocenters. The van der Waals surface area contributed by atoms with Gasteiger partial charge in [-0.3, -0.25) is 4.79 Å². The largest absolute Gasteiger partial charge is 0.479 e. The Morgan fingerprint density at radius 3 is 2.89 bits per heavy atom. The van der Waals surface area contributed by atoms with E-state index < -0.39 is 11.5 Å². The third-order valence-corrected chi connectivity index (χ3v) is 3.93. The Morgan fingerprint density at radius 2 is 2.33 bits per heavy atom. The van der Waals surface area contributed by atoms with Gasteiger partial charge < -0.3 is 15.2 Å². The molecular weight excluding hydrogens is 254 g/mol. The summed E-state index contributed by atoms with van der Waals surface area (Å²) in [6, 6.07) is 0. The molecule has 18 heavy (non-hydrogen) atoms. The van der Waals surface area contributed by atoms with Crippen molar-refractivity contribution in [3.63, 3.8) is 0 Å². The van der Waals surface area contributed by atoms with E-state index in [-0.39, 0.29) is 12.3 Å². The van der Waals surface area contributed by atoms with Crippen LogP contribution in [-0.4, -0.2) is 47.2 Å². The highest BCUT2D eigenvalue weighted by atomic mass is 32.2. The van der Waals surface area contributed by atoms with Crippen molar-refractivity contribution in [2.45, 2.75) is 24.8 Å². The van der Waals surface area contributed by atoms with Gasteiger partial charge in [0.25, 0.3) is 0 Å². The number of ether oxygens (including phenoxy) is 1. The van der Waals surface area contributed by atoms with Crippen LogP contribution in [0.15, 0.2) is 12.7 Å². The topological polar surface area (TPSA) is 75.6 Å². The average Bonchev–Trinajstić information content (AvgIpc) is 2.78. The van der Waals surface area contributed by atoms with E-state index in [2.05, 4.69) is 11.9 Å². The average molecular weight is 273 g/mol. The van der Waals surface area contributed by atoms with Gasteiger partial charge in [-0.15, -0.1) is 6.58 Å². The third kappa shape index (κ3) is 4.34. The Bertz CT molecular complexity index is 313. The summed E-state index contributed by atoms with van der Waals surface area (Å²) in [6.07, 6.45) is 3.01. The highest BCUT2D eigenvalue weighted by molar-refractivity contribution is 7.99. The molecule has 0 aromatic heterocycles. The van der Waals surface area contributed by atoms with Crippen molar-refractivity contribution in [1.82, 2.24) is 5.32 Å². The Morgan fingerprint density at radius 1 is 1.56 bits per heavy atom. The van der Waals surface area contributed by atoms with Crippen molar-refractivity contribution in [2.75, 3.05) is 24.7 Å². The molecule has 1 heterocycles. The summed E-state index contributed by atoms with van der Waals surface area (Å²) in [7, 11) is 0. The fraction of sp³-hybridized carbons (Fsp3) is 0.667. The first-order valence-corrected chi connectivity index (χ1v) is 7.07. The predicted octanol–water partition coefficient (Wildman–Crippen LogP) is 1.05. The van der Waals surface area contributed by atoms with E-state index in [4.69, 9.17) is 4.74 Å². The van der Waals surface area contributed by atoms with Gasteiger partial charge in [0, 0.05) is 18.8 Å². The number of thioether (sulfide) groups is 1. The minimum absolute atomic E-state index is 0.220. The fourth-order valence-electron chi connectivity index (χ4n) is 1.72. The van der Waals surface area contributed by atoms with Crippen LogP contribution in [0, 0.1) is 0 Å². The number of carbonyl (C=O) groups excluding carboxylic acids is 1. The Balaban J connectivity index is 2.29. The number of hydrogen-bond donors (Lipinski definition) is 2. The van der Waals surface area contributed by atoms with Crippen molar-refractivity contribution in [3.8, 4) is 0 Å². The van der Waals surface area contributed by atoms with E-state index in [1.54, 1.807) is 17.8 Å². The lowest BCUT2D eigenvalue weighted by atomic mass is 9.99. The molecule has 5 nitrogen and oxygen atoms in total. The lowest BCUT2D eigenvalue weighted by molar-refractivity contribution is -0.146. The number of carboxylic acids is 1. The number of rotatable bonds is 8. The lowest BCUT2D eigenvalue weighted by Gasteiger charge is -2.24. The number of hydrogen-bond acceptors (Lipinski definition) is 4. The molecule has 0 aliphatic carbocycles. The quantitative estimate of drug-likeness (QED) is 0.510. The van der Waals surface area contributed by atoms with Gasteiger partial charge in [-0.2, -0.15) is 11.8 Å². The molecule has 0 saturated carbocycles. The summed E-state index contributed by atoms with van der Waals surface area (Å²) in [4.78, 5) is 22.9. The van der Waals surface area contributed by atoms with Gasteiger partial charge in [-0.1, -0.05) is 6.08 Å². The molecule has 1 aliphatic heterocycles. The summed E-state index contributed by atoms with van der Waals surface area (Å²) in [5, 5.41) is 11.8. The van der Waals surface area contributed by atoms with Crippen LogP contribution in [0.3, 0.4) is 0 Å². The molecule has 0 aromatic carbocycles. The molecule has 0 radical (unpaired) electrons. The van der Waals surface area contributed by atoms with Crippen molar-refractivity contribution in [3.05, 3.63) is 12.7 Å². The van der Waals surface area contributed by atoms with Crippen molar-refractivity contribution >= 4 is 23.6 Å². The van der Waals surface area contributed by atoms with Gasteiger partial charge in [-0.25, -0.2) is 4.79 Å². The highest BCUT2D eigenvalue weighted by Gasteiger charge is 2.42. The number of nitrogens with one attached hydrogen (secondary N) is 1. The second kappa shape index (κ2) is 7.43. The van der Waals surface area contributed by atoms with E-state index in [9.17, 15) is 14.7 Å². The maximum absolute atomic E-state index is 11.7. The normalized spacial score (nSPS) is 22.7. The molecule has 1 amide bonds. The van der Waals surface area contributed by atoms with Gasteiger partial charge >= 0.3 is 5.97 Å². The van der Waals surface area contributed by atoms with Crippen LogP contribution in [0.4, 0.5) is 0 Å². The van der Waals surface area contributed by atoms with Crippen LogP contribution in [0.5, 0.6) is 0 Å². The number of aliphatic carboxylic acids is 1. The first-order chi connectivity index (χ1) is 8.60. The van der Waals surface area contributed by atoms with Gasteiger partial charge in [0.2, 0.25) is 5.91 Å². The SMILES string of the molecule is C=CCOCCCC(=O)NC1(C(=O)O)CCSC1. The van der Waals surface area contributed by atoms with E-state index in [1.165, 1.54) is 0 Å². The second-order valence-electron chi connectivity index (χ2n) is 4.21. The molecule has 1 aliphatic rings. The maximum Gasteiger partial charge on any atom is 0.330 e. The zero-order valence-corrected chi connectivity index (χ0v) is 11.1. The maximum atomic E-state index is 11.7. The van der Waals surface area contributed by atoms with E-state index in [1.807, 2.05) is 0 Å². The van der Waals surface area contributed by atoms with Crippen molar-refractivity contribution in [1.29, 1.82) is 0 Å². The standard InChI is InChI=1S/C12H19NO4S/c1-2-6-17-7-3-4-10(14)13-12(11(15)16)5-8-18-9-12/h2H,1,3-9H2,(H,13,14)(H,15,16). The van der Waals surface area contributed by atoms with Crippen LogP contribution in [0.2, 0.25) is 0 Å². The van der Waals surface area contributed by atoms with Gasteiger partial charge in [0.1, 0.15) is 5.54 Å². The van der Waals surface area contributed by atoms with Gasteiger partial charge in [0.05, 0.1) is 6.61 Å². The molecule has 1 fully saturated rings. The molecular formula is C12H19NO4S. The number of carbonyl (C=O) groups is 2. The summed E-state index contributed by atoms with van der Waals surface area (Å²) in [5.74, 6) is 0.0571. The molecule has 0 aromatic rings. The minimum atomic E-state index is -1.07. The molecule has 1 rings (SSSR count). The minimum Gasteiger partial charge on any atom is -0.479 e. The molecule has 2 N–H and O–H groups in total. The number of carboxylic acid groups (broad SMARTS) is 1. The lowest BCUT2D eigenvalue weighted by Crippen LogP contribution is -2.54. The second-order valence-corrected chi connectivity index (χ2v) is 5.31. The molecule has 6 heteroatoms. The highest BCUT2D eigenvalue weighted by Crippen LogP contribution is 2.28. The summed E-state index contributed by atoms with van der Waals surface area (Å²) >= 11 is 1.55. The monoisotopic (exact) mass is 273 g/mol. The van der Waals surface area contributed by atoms with Crippen LogP contribution >= 0.6 is 11.8 Å². The first-order valence-electron chi connectivity index (χ1n) is 5.91. The van der Waals surface area contributed by atoms with Crippen molar-refractivity contribution in [2.24, 2.45) is 0 Å². The van der Waals surface area contributed by atoms with Crippen LogP contribution in [0.1, 0.15) is 19.3 Å². The van der Waals surface area contributed by atoms with E-state index in [0.29, 0.717) is 31.8 Å². The molecule has 102 valence electrons. The Hall–Kier alpha value is -1.01. The Kier molecular flexibility index (Phi) is 6.21. The fourth-order valence-corrected chi connectivity index (χ4v) is 3.04. The van der Waals surface area contributed by atoms with Crippen LogP contribution < -0.4 is 5.32 Å². The summed E-state index contributed by atoms with van der Waals surface area (Å²) in [5.41, 5.74) is -1.07. The first kappa shape index (κ1) is 15.0. The van der Waals surface area contributed by atoms with E-state index in [0.717, 1.165) is 5.75 Å². The molecule has 1 saturated heterocycles. The van der Waals surface area contributed by atoms with Gasteiger partial charge in [0.15, 0.2) is 0 Å². The van der Waals surface area contributed by atoms with Gasteiger partial charge in [-0.05, 0) is 18.6 Å². The zero-order valence-electron chi connectivity index (χ0n) is 10.3. The summed E-state index contributed by atoms with van der Waals surface area (Å²) in [6.45, 7) is 4.47. The zero-order chi connectivity index (χ0) is 13.4. The molecule has 0 bridgehead atoms. The smallest absolute Gasteiger partial charge is 0.330 e. The van der Waals surface area contributed by atoms with Crippen LogP contribution in [-0.2, 0) is 14.3 Å². The van der Waals surface area contributed by atoms with Crippen molar-refractivity contribution < 1.29 is 19.4 Å². The van der Waals surface area contributed by atoms with E-state index >= 15 is 0 Å². The number of amides is 1. The predicted molar refractivity (Wildman–Crippen MR) is 70.7 cm³/mol. The molecule has 1 atom stereocenters. The summed E-state index contributed by atoms with van der Waals surface area (Å²) < 4.78 is 5.16. The third-order valence-electron chi connectivity index (χ3n) is 2.74.